The van der Waals surface area contributed by atoms with Gasteiger partial charge in [-0.25, -0.2) is 4.79 Å². The van der Waals surface area contributed by atoms with Gasteiger partial charge in [-0.15, -0.1) is 0 Å². The number of hydrogen-bond donors (Lipinski definition) is 0. The molecule has 2 fully saturated rings. The average Bonchev–Trinajstić information content (AvgIpc) is 3.54. The van der Waals surface area contributed by atoms with Crippen molar-refractivity contribution in [3.05, 3.63) is 12.2 Å². The van der Waals surface area contributed by atoms with Crippen LogP contribution in [0.25, 0.3) is 0 Å². The summed E-state index contributed by atoms with van der Waals surface area (Å²) in [5, 5.41) is 0.191. The molecule has 0 aliphatic carbocycles. The Labute approximate surface area is 215 Å². The second-order valence-corrected chi connectivity index (χ2v) is 17.3. The maximum Gasteiger partial charge on any atom is 0.331 e. The van der Waals surface area contributed by atoms with E-state index in [2.05, 4.69) is 40.8 Å². The summed E-state index contributed by atoms with van der Waals surface area (Å²) in [5.74, 6) is -0.259. The molecule has 2 saturated heterocycles. The summed E-state index contributed by atoms with van der Waals surface area (Å²) in [6.45, 7) is 14.0. The van der Waals surface area contributed by atoms with Crippen LogP contribution in [-0.2, 0) is 23.4 Å². The standard InChI is InChI=1S/C29H52O5Si/c1-7-8-9-10-11-12-13-14-15-27(34-35(5,6)29(2,3)4)26-19-18-23(32-26)22-16-17-24(31-22)25-20-21-28(30)33-25/h20-27H,7-19H2,1-6H3/t22-,23+,24-,25-,26+,27+/m1/s1. The lowest BCUT2D eigenvalue weighted by molar-refractivity contribution is -0.147. The minimum Gasteiger partial charge on any atom is -0.452 e. The van der Waals surface area contributed by atoms with Gasteiger partial charge in [0.25, 0.3) is 0 Å². The third-order valence-corrected chi connectivity index (χ3v) is 13.1. The zero-order valence-corrected chi connectivity index (χ0v) is 24.4. The molecule has 0 spiro atoms. The molecule has 3 heterocycles. The smallest absolute Gasteiger partial charge is 0.331 e. The van der Waals surface area contributed by atoms with Crippen LogP contribution in [0, 0.1) is 0 Å². The molecule has 6 heteroatoms. The van der Waals surface area contributed by atoms with Crippen molar-refractivity contribution in [1.29, 1.82) is 0 Å². The Hall–Kier alpha value is -0.693. The van der Waals surface area contributed by atoms with Crippen molar-refractivity contribution >= 4 is 14.3 Å². The van der Waals surface area contributed by atoms with Crippen LogP contribution in [0.3, 0.4) is 0 Å². The average molecular weight is 509 g/mol. The number of esters is 1. The molecular formula is C29H52O5Si. The first-order valence-corrected chi connectivity index (χ1v) is 17.4. The first-order valence-electron chi connectivity index (χ1n) is 14.5. The molecule has 0 N–H and O–H groups in total. The summed E-state index contributed by atoms with van der Waals surface area (Å²) in [7, 11) is -1.88. The summed E-state index contributed by atoms with van der Waals surface area (Å²) in [4.78, 5) is 11.4. The molecule has 35 heavy (non-hydrogen) atoms. The van der Waals surface area contributed by atoms with Crippen molar-refractivity contribution in [1.82, 2.24) is 0 Å². The lowest BCUT2D eigenvalue weighted by atomic mass is 10.0. The lowest BCUT2D eigenvalue weighted by Crippen LogP contribution is -2.47. The molecule has 0 unspecified atom stereocenters. The maximum absolute atomic E-state index is 11.4. The number of rotatable bonds is 14. The second kappa shape index (κ2) is 13.2. The zero-order valence-electron chi connectivity index (χ0n) is 23.4. The molecular weight excluding hydrogens is 456 g/mol. The molecule has 0 amide bonds. The van der Waals surface area contributed by atoms with Gasteiger partial charge in [0.2, 0.25) is 0 Å². The predicted molar refractivity (Wildman–Crippen MR) is 144 cm³/mol. The van der Waals surface area contributed by atoms with Gasteiger partial charge in [-0.3, -0.25) is 0 Å². The molecule has 0 saturated carbocycles. The van der Waals surface area contributed by atoms with Crippen LogP contribution in [0.4, 0.5) is 0 Å². The fourth-order valence-electron chi connectivity index (χ4n) is 5.38. The van der Waals surface area contributed by atoms with Crippen molar-refractivity contribution in [2.24, 2.45) is 0 Å². The van der Waals surface area contributed by atoms with Crippen LogP contribution in [0.15, 0.2) is 12.2 Å². The van der Waals surface area contributed by atoms with E-state index in [-0.39, 0.29) is 47.6 Å². The highest BCUT2D eigenvalue weighted by molar-refractivity contribution is 6.74. The highest BCUT2D eigenvalue weighted by Gasteiger charge is 2.45. The van der Waals surface area contributed by atoms with Gasteiger partial charge in [-0.05, 0) is 56.3 Å². The van der Waals surface area contributed by atoms with Crippen LogP contribution in [0.1, 0.15) is 111 Å². The molecule has 5 nitrogen and oxygen atoms in total. The van der Waals surface area contributed by atoms with Crippen LogP contribution in [0.2, 0.25) is 18.1 Å². The van der Waals surface area contributed by atoms with Crippen LogP contribution < -0.4 is 0 Å². The zero-order chi connectivity index (χ0) is 25.5. The lowest BCUT2D eigenvalue weighted by Gasteiger charge is -2.41. The number of carbonyl (C=O) groups is 1. The maximum atomic E-state index is 11.4. The van der Waals surface area contributed by atoms with E-state index < -0.39 is 8.32 Å². The molecule has 6 atom stereocenters. The van der Waals surface area contributed by atoms with E-state index in [0.717, 1.165) is 32.1 Å². The molecule has 3 rings (SSSR count). The van der Waals surface area contributed by atoms with Gasteiger partial charge in [-0.1, -0.05) is 79.1 Å². The van der Waals surface area contributed by atoms with E-state index in [1.54, 1.807) is 0 Å². The summed E-state index contributed by atoms with van der Waals surface area (Å²) in [5.41, 5.74) is 0. The largest absolute Gasteiger partial charge is 0.452 e. The monoisotopic (exact) mass is 508 g/mol. The van der Waals surface area contributed by atoms with Gasteiger partial charge in [0, 0.05) is 6.08 Å². The van der Waals surface area contributed by atoms with E-state index in [1.165, 1.54) is 57.4 Å². The molecule has 3 aliphatic heterocycles. The van der Waals surface area contributed by atoms with Gasteiger partial charge in [0.1, 0.15) is 6.10 Å². The van der Waals surface area contributed by atoms with Crippen molar-refractivity contribution in [3.8, 4) is 0 Å². The summed E-state index contributed by atoms with van der Waals surface area (Å²) >= 11 is 0. The van der Waals surface area contributed by atoms with Gasteiger partial charge >= 0.3 is 5.97 Å². The predicted octanol–water partition coefficient (Wildman–Crippen LogP) is 7.48. The normalized spacial score (nSPS) is 30.2. The molecule has 0 aromatic rings. The molecule has 0 aromatic heterocycles. The topological polar surface area (TPSA) is 54.0 Å². The summed E-state index contributed by atoms with van der Waals surface area (Å²) in [6, 6.07) is 0. The van der Waals surface area contributed by atoms with Crippen molar-refractivity contribution in [3.63, 3.8) is 0 Å². The van der Waals surface area contributed by atoms with Crippen molar-refractivity contribution < 1.29 is 23.4 Å². The summed E-state index contributed by atoms with van der Waals surface area (Å²) < 4.78 is 25.3. The minimum absolute atomic E-state index is 0.0399. The molecule has 3 aliphatic rings. The third-order valence-electron chi connectivity index (χ3n) is 8.63. The van der Waals surface area contributed by atoms with Crippen LogP contribution >= 0.6 is 0 Å². The fraction of sp³-hybridized carbons (Fsp3) is 0.897. The van der Waals surface area contributed by atoms with E-state index in [9.17, 15) is 4.79 Å². The Balaban J connectivity index is 1.50. The quantitative estimate of drug-likeness (QED) is 0.138. The highest BCUT2D eigenvalue weighted by Crippen LogP contribution is 2.41. The number of carbonyl (C=O) groups excluding carboxylic acids is 1. The van der Waals surface area contributed by atoms with E-state index in [0.29, 0.717) is 0 Å². The minimum atomic E-state index is -1.88. The first-order chi connectivity index (χ1) is 16.6. The first kappa shape index (κ1) is 28.9. The van der Waals surface area contributed by atoms with Crippen LogP contribution in [-0.4, -0.2) is 50.9 Å². The Morgan fingerprint density at radius 3 is 2.14 bits per heavy atom. The third kappa shape index (κ3) is 8.41. The van der Waals surface area contributed by atoms with E-state index >= 15 is 0 Å². The molecule has 0 radical (unpaired) electrons. The number of cyclic esters (lactones) is 1. The van der Waals surface area contributed by atoms with Gasteiger partial charge < -0.3 is 18.6 Å². The second-order valence-electron chi connectivity index (χ2n) is 12.5. The summed E-state index contributed by atoms with van der Waals surface area (Å²) in [6.07, 6.45) is 19.3. The SMILES string of the molecule is CCCCCCCCCC[C@H](O[Si](C)(C)C(C)(C)C)[C@@H]1CC[C@@H]([C@H]2CC[C@H]([C@H]3C=CC(=O)O3)O2)O1. The van der Waals surface area contributed by atoms with Crippen molar-refractivity contribution in [2.45, 2.75) is 166 Å². The molecule has 0 bridgehead atoms. The molecule has 202 valence electrons. The van der Waals surface area contributed by atoms with Gasteiger partial charge in [0.15, 0.2) is 8.32 Å². The Kier molecular flexibility index (Phi) is 10.9. The Bertz CT molecular complexity index is 685. The van der Waals surface area contributed by atoms with Gasteiger partial charge in [0.05, 0.1) is 30.5 Å². The van der Waals surface area contributed by atoms with Gasteiger partial charge in [-0.2, -0.15) is 0 Å². The Morgan fingerprint density at radius 1 is 0.914 bits per heavy atom. The van der Waals surface area contributed by atoms with Crippen LogP contribution in [0.5, 0.6) is 0 Å². The number of unbranched alkanes of at least 4 members (excludes halogenated alkanes) is 7. The van der Waals surface area contributed by atoms with E-state index in [4.69, 9.17) is 18.6 Å². The highest BCUT2D eigenvalue weighted by atomic mass is 28.4. The van der Waals surface area contributed by atoms with Crippen molar-refractivity contribution in [2.75, 3.05) is 0 Å². The number of hydrogen-bond acceptors (Lipinski definition) is 5. The molecule has 0 aromatic carbocycles. The number of ether oxygens (including phenoxy) is 3. The van der Waals surface area contributed by atoms with E-state index in [1.807, 2.05) is 6.08 Å². The Morgan fingerprint density at radius 2 is 1.51 bits per heavy atom. The fourth-order valence-corrected chi connectivity index (χ4v) is 6.76.